The zero-order valence-electron chi connectivity index (χ0n) is 22.5. The highest BCUT2D eigenvalue weighted by Crippen LogP contribution is 2.31. The first-order valence-electron chi connectivity index (χ1n) is 13.0. The molecule has 0 saturated carbocycles. The van der Waals surface area contributed by atoms with Gasteiger partial charge in [-0.2, -0.15) is 14.1 Å². The summed E-state index contributed by atoms with van der Waals surface area (Å²) in [6.45, 7) is 2.73. The molecule has 1 aliphatic rings. The van der Waals surface area contributed by atoms with Crippen LogP contribution in [-0.4, -0.2) is 61.2 Å². The van der Waals surface area contributed by atoms with Gasteiger partial charge >= 0.3 is 5.97 Å². The van der Waals surface area contributed by atoms with E-state index in [-0.39, 0.29) is 38.5 Å². The number of ether oxygens (including phenoxy) is 2. The van der Waals surface area contributed by atoms with E-state index in [4.69, 9.17) is 9.47 Å². The molecule has 0 bridgehead atoms. The minimum Gasteiger partial charge on any atom is -0.497 e. The fourth-order valence-electron chi connectivity index (χ4n) is 4.60. The van der Waals surface area contributed by atoms with Crippen LogP contribution in [0.25, 0.3) is 16.5 Å². The van der Waals surface area contributed by atoms with Gasteiger partial charge in [0.15, 0.2) is 5.69 Å². The van der Waals surface area contributed by atoms with Crippen molar-refractivity contribution in [3.05, 3.63) is 75.5 Å². The first-order chi connectivity index (χ1) is 19.7. The number of amides is 1. The molecule has 3 heterocycles. The largest absolute Gasteiger partial charge is 0.497 e. The quantitative estimate of drug-likeness (QED) is 0.301. The number of piperidine rings is 1. The number of anilines is 1. The molecule has 5 rings (SSSR count). The van der Waals surface area contributed by atoms with Gasteiger partial charge in [-0.1, -0.05) is 6.42 Å². The van der Waals surface area contributed by atoms with E-state index in [9.17, 15) is 22.8 Å². The molecule has 1 saturated heterocycles. The maximum absolute atomic E-state index is 13.6. The van der Waals surface area contributed by atoms with Gasteiger partial charge in [-0.05, 0) is 68.3 Å². The molecule has 1 amide bonds. The number of aromatic nitrogens is 2. The SMILES string of the molecule is CCOC(=O)c1nn(-c2ccc(OC)cc2)c(=O)c2c(NC(=O)c3ccc(S(=O)(=O)N4CCCCC4)cc3)scc12. The summed E-state index contributed by atoms with van der Waals surface area (Å²) in [5.41, 5.74) is -0.0180. The number of hydrogen-bond donors (Lipinski definition) is 1. The lowest BCUT2D eigenvalue weighted by Gasteiger charge is -2.25. The molecule has 0 unspecified atom stereocenters. The summed E-state index contributed by atoms with van der Waals surface area (Å²) in [5, 5.41) is 9.17. The lowest BCUT2D eigenvalue weighted by Crippen LogP contribution is -2.35. The number of hydrogen-bond acceptors (Lipinski definition) is 9. The highest BCUT2D eigenvalue weighted by atomic mass is 32.2. The Morgan fingerprint density at radius 3 is 2.34 bits per heavy atom. The Morgan fingerprint density at radius 2 is 1.71 bits per heavy atom. The standard InChI is InChI=1S/C28H28N4O7S2/c1-3-39-28(35)24-22-17-40-26(23(22)27(34)32(30-24)19-9-11-20(38-2)12-10-19)29-25(33)18-7-13-21(14-8-18)41(36,37)31-15-5-4-6-16-31/h7-14,17H,3-6,15-16H2,1-2H3,(H,29,33). The van der Waals surface area contributed by atoms with E-state index in [0.717, 1.165) is 35.3 Å². The van der Waals surface area contributed by atoms with Gasteiger partial charge in [0.1, 0.15) is 10.8 Å². The number of fused-ring (bicyclic) bond motifs is 1. The van der Waals surface area contributed by atoms with Crippen molar-refractivity contribution in [1.82, 2.24) is 14.1 Å². The average Bonchev–Trinajstić information content (AvgIpc) is 3.42. The summed E-state index contributed by atoms with van der Waals surface area (Å²) in [6, 6.07) is 12.2. The molecule has 2 aromatic carbocycles. The van der Waals surface area contributed by atoms with Crippen LogP contribution < -0.4 is 15.6 Å². The lowest BCUT2D eigenvalue weighted by molar-refractivity contribution is 0.0519. The van der Waals surface area contributed by atoms with Crippen LogP contribution in [0.15, 0.2) is 63.6 Å². The average molecular weight is 597 g/mol. The molecule has 4 aromatic rings. The third kappa shape index (κ3) is 5.60. The van der Waals surface area contributed by atoms with Crippen molar-refractivity contribution in [2.75, 3.05) is 32.1 Å². The number of nitrogens with one attached hydrogen (secondary N) is 1. The summed E-state index contributed by atoms with van der Waals surface area (Å²) in [6.07, 6.45) is 2.65. The molecule has 1 fully saturated rings. The predicted octanol–water partition coefficient (Wildman–Crippen LogP) is 4.06. The van der Waals surface area contributed by atoms with E-state index >= 15 is 0 Å². The Bertz CT molecular complexity index is 1760. The van der Waals surface area contributed by atoms with E-state index in [1.165, 1.54) is 35.7 Å². The van der Waals surface area contributed by atoms with Crippen molar-refractivity contribution in [3.63, 3.8) is 0 Å². The fraction of sp³-hybridized carbons (Fsp3) is 0.286. The first kappa shape index (κ1) is 28.5. The van der Waals surface area contributed by atoms with Crippen LogP contribution in [0.3, 0.4) is 0 Å². The summed E-state index contributed by atoms with van der Waals surface area (Å²) in [5.74, 6) is -0.673. The van der Waals surface area contributed by atoms with Gasteiger partial charge in [-0.15, -0.1) is 11.3 Å². The predicted molar refractivity (Wildman–Crippen MR) is 155 cm³/mol. The van der Waals surface area contributed by atoms with Crippen molar-refractivity contribution in [3.8, 4) is 11.4 Å². The third-order valence-corrected chi connectivity index (χ3v) is 9.54. The second-order valence-corrected chi connectivity index (χ2v) is 12.1. The number of nitrogens with zero attached hydrogens (tertiary/aromatic N) is 3. The van der Waals surface area contributed by atoms with Crippen LogP contribution in [0, 0.1) is 0 Å². The summed E-state index contributed by atoms with van der Waals surface area (Å²) in [4.78, 5) is 39.7. The van der Waals surface area contributed by atoms with E-state index < -0.39 is 27.5 Å². The Morgan fingerprint density at radius 1 is 1.02 bits per heavy atom. The van der Waals surface area contributed by atoms with Crippen molar-refractivity contribution >= 4 is 49.0 Å². The Kier molecular flexibility index (Phi) is 8.20. The van der Waals surface area contributed by atoms with E-state index in [1.54, 1.807) is 36.6 Å². The van der Waals surface area contributed by atoms with E-state index in [1.807, 2.05) is 0 Å². The fourth-order valence-corrected chi connectivity index (χ4v) is 7.05. The molecule has 2 aromatic heterocycles. The van der Waals surface area contributed by atoms with E-state index in [2.05, 4.69) is 10.4 Å². The van der Waals surface area contributed by atoms with Gasteiger partial charge in [0.2, 0.25) is 10.0 Å². The van der Waals surface area contributed by atoms with Gasteiger partial charge in [-0.3, -0.25) is 9.59 Å². The minimum atomic E-state index is -3.64. The number of sulfonamides is 1. The number of carbonyl (C=O) groups excluding carboxylic acids is 2. The molecular weight excluding hydrogens is 568 g/mol. The Hall–Kier alpha value is -4.07. The van der Waals surface area contributed by atoms with Gasteiger partial charge in [0.05, 0.1) is 29.7 Å². The van der Waals surface area contributed by atoms with Crippen LogP contribution in [0.1, 0.15) is 47.0 Å². The number of carbonyl (C=O) groups is 2. The molecule has 214 valence electrons. The van der Waals surface area contributed by atoms with Crippen molar-refractivity contribution in [1.29, 1.82) is 0 Å². The molecule has 0 atom stereocenters. The molecule has 0 aliphatic carbocycles. The summed E-state index contributed by atoms with van der Waals surface area (Å²) >= 11 is 1.07. The maximum Gasteiger partial charge on any atom is 0.359 e. The van der Waals surface area contributed by atoms with Crippen molar-refractivity contribution in [2.24, 2.45) is 0 Å². The monoisotopic (exact) mass is 596 g/mol. The molecule has 1 aliphatic heterocycles. The van der Waals surface area contributed by atoms with Crippen LogP contribution in [0.5, 0.6) is 5.75 Å². The van der Waals surface area contributed by atoms with Gasteiger partial charge in [-0.25, -0.2) is 13.2 Å². The van der Waals surface area contributed by atoms with Crippen LogP contribution in [-0.2, 0) is 14.8 Å². The molecule has 41 heavy (non-hydrogen) atoms. The normalized spacial score (nSPS) is 14.1. The first-order valence-corrected chi connectivity index (χ1v) is 15.3. The molecule has 13 heteroatoms. The van der Waals surface area contributed by atoms with Crippen LogP contribution in [0.4, 0.5) is 5.00 Å². The van der Waals surface area contributed by atoms with Crippen molar-refractivity contribution < 1.29 is 27.5 Å². The van der Waals surface area contributed by atoms with Crippen LogP contribution in [0.2, 0.25) is 0 Å². The molecule has 0 spiro atoms. The van der Waals surface area contributed by atoms with E-state index in [0.29, 0.717) is 24.5 Å². The number of methoxy groups -OCH3 is 1. The van der Waals surface area contributed by atoms with Crippen LogP contribution >= 0.6 is 11.3 Å². The second-order valence-electron chi connectivity index (χ2n) is 9.28. The number of esters is 1. The highest BCUT2D eigenvalue weighted by Gasteiger charge is 2.27. The van der Waals surface area contributed by atoms with Gasteiger partial charge < -0.3 is 14.8 Å². The maximum atomic E-state index is 13.6. The number of thiophene rings is 1. The lowest BCUT2D eigenvalue weighted by atomic mass is 10.2. The molecule has 1 N–H and O–H groups in total. The number of benzene rings is 2. The molecule has 0 radical (unpaired) electrons. The summed E-state index contributed by atoms with van der Waals surface area (Å²) in [7, 11) is -2.12. The number of rotatable bonds is 8. The third-order valence-electron chi connectivity index (χ3n) is 6.73. The topological polar surface area (TPSA) is 137 Å². The Labute approximate surface area is 240 Å². The Balaban J connectivity index is 1.49. The molecular formula is C28H28N4O7S2. The highest BCUT2D eigenvalue weighted by molar-refractivity contribution is 7.89. The zero-order chi connectivity index (χ0) is 29.1. The zero-order valence-corrected chi connectivity index (χ0v) is 24.1. The molecule has 11 nitrogen and oxygen atoms in total. The van der Waals surface area contributed by atoms with Gasteiger partial charge in [0.25, 0.3) is 11.5 Å². The van der Waals surface area contributed by atoms with Crippen molar-refractivity contribution in [2.45, 2.75) is 31.1 Å². The second kappa shape index (κ2) is 11.8. The smallest absolute Gasteiger partial charge is 0.359 e. The minimum absolute atomic E-state index is 0.0683. The van der Waals surface area contributed by atoms with Gasteiger partial charge in [0, 0.05) is 29.4 Å². The summed E-state index contributed by atoms with van der Waals surface area (Å²) < 4.78 is 38.8.